The largest absolute Gasteiger partial charge is 0.497 e. The van der Waals surface area contributed by atoms with Crippen molar-refractivity contribution in [2.45, 2.75) is 32.9 Å². The standard InChI is InChI=1S/C28H28N4OS/c1-18-11-13-21(14-12-18)31-19(2)16-24(20(31)3)27-26(25-10-5-6-15-29-25)30-28(34)32(27)22-8-7-9-23(17-22)33-4/h5-17,26-27H,1-4H3,(H,30,34)/t26-,27+/m0/s1. The molecule has 5 rings (SSSR count). The second-order valence-corrected chi connectivity index (χ2v) is 9.08. The summed E-state index contributed by atoms with van der Waals surface area (Å²) < 4.78 is 7.82. The number of anilines is 1. The summed E-state index contributed by atoms with van der Waals surface area (Å²) in [6, 6.07) is 24.8. The molecule has 4 aromatic rings. The lowest BCUT2D eigenvalue weighted by Gasteiger charge is -2.28. The molecule has 0 aliphatic carbocycles. The molecule has 1 saturated heterocycles. The van der Waals surface area contributed by atoms with Gasteiger partial charge in [0.1, 0.15) is 5.75 Å². The van der Waals surface area contributed by atoms with E-state index in [9.17, 15) is 0 Å². The molecule has 0 amide bonds. The van der Waals surface area contributed by atoms with Gasteiger partial charge in [0.15, 0.2) is 5.11 Å². The number of nitrogens with zero attached hydrogens (tertiary/aromatic N) is 3. The molecule has 5 nitrogen and oxygen atoms in total. The fraction of sp³-hybridized carbons (Fsp3) is 0.214. The highest BCUT2D eigenvalue weighted by Crippen LogP contribution is 2.44. The molecule has 1 N–H and O–H groups in total. The lowest BCUT2D eigenvalue weighted by molar-refractivity contribution is 0.415. The van der Waals surface area contributed by atoms with Crippen molar-refractivity contribution in [2.75, 3.05) is 12.0 Å². The van der Waals surface area contributed by atoms with Crippen LogP contribution in [-0.4, -0.2) is 21.8 Å². The minimum absolute atomic E-state index is 0.0695. The maximum atomic E-state index is 5.89. The second kappa shape index (κ2) is 8.95. The van der Waals surface area contributed by atoms with Crippen molar-refractivity contribution in [3.05, 3.63) is 107 Å². The first-order chi connectivity index (χ1) is 16.5. The number of benzene rings is 2. The first-order valence-electron chi connectivity index (χ1n) is 11.4. The molecule has 172 valence electrons. The van der Waals surface area contributed by atoms with Gasteiger partial charge in [0.05, 0.1) is 24.9 Å². The Morgan fingerprint density at radius 2 is 1.71 bits per heavy atom. The van der Waals surface area contributed by atoms with Crippen molar-refractivity contribution in [3.8, 4) is 11.4 Å². The Hall–Kier alpha value is -3.64. The van der Waals surface area contributed by atoms with Gasteiger partial charge in [-0.2, -0.15) is 0 Å². The number of pyridine rings is 1. The van der Waals surface area contributed by atoms with Crippen LogP contribution in [0.4, 0.5) is 5.69 Å². The third kappa shape index (κ3) is 3.84. The van der Waals surface area contributed by atoms with Crippen LogP contribution < -0.4 is 15.0 Å². The van der Waals surface area contributed by atoms with E-state index in [1.54, 1.807) is 7.11 Å². The summed E-state index contributed by atoms with van der Waals surface area (Å²) in [5.41, 5.74) is 7.93. The SMILES string of the molecule is COc1cccc(N2C(=S)N[C@@H](c3ccccn3)[C@H]2c2cc(C)n(-c3ccc(C)cc3)c2C)c1. The van der Waals surface area contributed by atoms with Crippen molar-refractivity contribution in [1.29, 1.82) is 0 Å². The van der Waals surface area contributed by atoms with Crippen molar-refractivity contribution >= 4 is 23.0 Å². The van der Waals surface area contributed by atoms with E-state index < -0.39 is 0 Å². The zero-order valence-electron chi connectivity index (χ0n) is 19.8. The van der Waals surface area contributed by atoms with Gasteiger partial charge >= 0.3 is 0 Å². The molecule has 0 spiro atoms. The number of hydrogen-bond acceptors (Lipinski definition) is 3. The minimum Gasteiger partial charge on any atom is -0.497 e. The number of ether oxygens (including phenoxy) is 1. The van der Waals surface area contributed by atoms with Crippen LogP contribution in [0.2, 0.25) is 0 Å². The van der Waals surface area contributed by atoms with Gasteiger partial charge in [-0.15, -0.1) is 0 Å². The van der Waals surface area contributed by atoms with Crippen LogP contribution in [0, 0.1) is 20.8 Å². The maximum absolute atomic E-state index is 5.89. The minimum atomic E-state index is -0.0909. The van der Waals surface area contributed by atoms with Crippen LogP contribution in [-0.2, 0) is 0 Å². The Morgan fingerprint density at radius 3 is 2.41 bits per heavy atom. The number of nitrogens with one attached hydrogen (secondary N) is 1. The number of aromatic nitrogens is 2. The molecule has 3 heterocycles. The van der Waals surface area contributed by atoms with Gasteiger partial charge in [-0.3, -0.25) is 4.98 Å². The molecule has 2 atom stereocenters. The predicted octanol–water partition coefficient (Wildman–Crippen LogP) is 5.98. The molecule has 0 bridgehead atoms. The average Bonchev–Trinajstić information content (AvgIpc) is 3.35. The van der Waals surface area contributed by atoms with E-state index in [0.29, 0.717) is 5.11 Å². The molecule has 6 heteroatoms. The van der Waals surface area contributed by atoms with Crippen molar-refractivity contribution in [3.63, 3.8) is 0 Å². The highest BCUT2D eigenvalue weighted by Gasteiger charge is 2.42. The molecule has 0 radical (unpaired) electrons. The highest BCUT2D eigenvalue weighted by molar-refractivity contribution is 7.80. The van der Waals surface area contributed by atoms with Gasteiger partial charge in [-0.25, -0.2) is 0 Å². The molecule has 2 aromatic heterocycles. The Morgan fingerprint density at radius 1 is 0.912 bits per heavy atom. The van der Waals surface area contributed by atoms with E-state index in [1.165, 1.54) is 22.5 Å². The van der Waals surface area contributed by atoms with Gasteiger partial charge in [0, 0.05) is 35.0 Å². The first-order valence-corrected chi connectivity index (χ1v) is 11.8. The normalized spacial score (nSPS) is 17.6. The van der Waals surface area contributed by atoms with Gasteiger partial charge < -0.3 is 19.5 Å². The van der Waals surface area contributed by atoms with Crippen molar-refractivity contribution in [2.24, 2.45) is 0 Å². The Kier molecular flexibility index (Phi) is 5.84. The van der Waals surface area contributed by atoms with E-state index in [1.807, 2.05) is 36.5 Å². The van der Waals surface area contributed by atoms with Gasteiger partial charge in [-0.05, 0) is 81.0 Å². The van der Waals surface area contributed by atoms with Crippen LogP contribution in [0.1, 0.15) is 40.3 Å². The maximum Gasteiger partial charge on any atom is 0.174 e. The summed E-state index contributed by atoms with van der Waals surface area (Å²) in [5.74, 6) is 0.797. The van der Waals surface area contributed by atoms with E-state index in [-0.39, 0.29) is 12.1 Å². The summed E-state index contributed by atoms with van der Waals surface area (Å²) in [4.78, 5) is 6.87. The fourth-order valence-electron chi connectivity index (χ4n) is 4.89. The molecular weight excluding hydrogens is 440 g/mol. The van der Waals surface area contributed by atoms with Gasteiger partial charge in [0.25, 0.3) is 0 Å². The molecule has 2 aromatic carbocycles. The van der Waals surface area contributed by atoms with Crippen LogP contribution >= 0.6 is 12.2 Å². The van der Waals surface area contributed by atoms with Gasteiger partial charge in [-0.1, -0.05) is 29.8 Å². The number of aryl methyl sites for hydroxylation is 2. The van der Waals surface area contributed by atoms with E-state index >= 15 is 0 Å². The molecular formula is C28H28N4OS. The first kappa shape index (κ1) is 22.2. The monoisotopic (exact) mass is 468 g/mol. The van der Waals surface area contributed by atoms with Crippen LogP contribution in [0.3, 0.4) is 0 Å². The van der Waals surface area contributed by atoms with Crippen molar-refractivity contribution < 1.29 is 4.74 Å². The lowest BCUT2D eigenvalue weighted by atomic mass is 9.96. The highest BCUT2D eigenvalue weighted by atomic mass is 32.1. The summed E-state index contributed by atoms with van der Waals surface area (Å²) in [5, 5.41) is 4.23. The van der Waals surface area contributed by atoms with E-state index in [2.05, 4.69) is 83.0 Å². The Bertz CT molecular complexity index is 1330. The summed E-state index contributed by atoms with van der Waals surface area (Å²) in [6.07, 6.45) is 1.83. The van der Waals surface area contributed by atoms with E-state index in [0.717, 1.165) is 22.8 Å². The third-order valence-corrected chi connectivity index (χ3v) is 6.83. The summed E-state index contributed by atoms with van der Waals surface area (Å²) in [6.45, 7) is 6.45. The fourth-order valence-corrected chi connectivity index (χ4v) is 5.23. The molecule has 0 unspecified atom stereocenters. The van der Waals surface area contributed by atoms with Crippen LogP contribution in [0.15, 0.2) is 79.0 Å². The summed E-state index contributed by atoms with van der Waals surface area (Å²) >= 11 is 5.89. The number of rotatable bonds is 5. The molecule has 1 fully saturated rings. The van der Waals surface area contributed by atoms with E-state index in [4.69, 9.17) is 17.0 Å². The Balaban J connectivity index is 1.68. The smallest absolute Gasteiger partial charge is 0.174 e. The van der Waals surface area contributed by atoms with Gasteiger partial charge in [0.2, 0.25) is 0 Å². The lowest BCUT2D eigenvalue weighted by Crippen LogP contribution is -2.29. The summed E-state index contributed by atoms with van der Waals surface area (Å²) in [7, 11) is 1.68. The predicted molar refractivity (Wildman–Crippen MR) is 141 cm³/mol. The average molecular weight is 469 g/mol. The molecule has 1 aliphatic heterocycles. The number of hydrogen-bond donors (Lipinski definition) is 1. The molecule has 34 heavy (non-hydrogen) atoms. The Labute approximate surface area is 206 Å². The third-order valence-electron chi connectivity index (χ3n) is 6.51. The van der Waals surface area contributed by atoms with Crippen molar-refractivity contribution in [1.82, 2.24) is 14.9 Å². The number of methoxy groups -OCH3 is 1. The zero-order chi connectivity index (χ0) is 23.8. The quantitative estimate of drug-likeness (QED) is 0.365. The van der Waals surface area contributed by atoms with Crippen LogP contribution in [0.25, 0.3) is 5.69 Å². The number of thiocarbonyl (C=S) groups is 1. The second-order valence-electron chi connectivity index (χ2n) is 8.70. The van der Waals surface area contributed by atoms with Crippen LogP contribution in [0.5, 0.6) is 5.75 Å². The molecule has 1 aliphatic rings. The topological polar surface area (TPSA) is 42.3 Å². The molecule has 0 saturated carbocycles. The zero-order valence-corrected chi connectivity index (χ0v) is 20.6.